The number of likely N-dealkylation sites (N-methyl/N-ethyl adjacent to an activating group) is 1. The molecule has 6 nitrogen and oxygen atoms in total. The quantitative estimate of drug-likeness (QED) is 0.479. The Labute approximate surface area is 182 Å². The first-order valence-corrected chi connectivity index (χ1v) is 9.83. The number of hydrogen-bond acceptors (Lipinski definition) is 4. The summed E-state index contributed by atoms with van der Waals surface area (Å²) in [6, 6.07) is 18.5. The molecule has 6 heteroatoms. The fourth-order valence-electron chi connectivity index (χ4n) is 3.54. The van der Waals surface area contributed by atoms with E-state index in [-0.39, 0.29) is 17.9 Å². The number of phenolic OH excluding ortho intramolecular Hbond substituents is 1. The van der Waals surface area contributed by atoms with Gasteiger partial charge < -0.3 is 19.3 Å². The molecular formula is C25H25N3O3. The third kappa shape index (κ3) is 4.62. The number of benzene rings is 2. The number of aromatic hydroxyl groups is 1. The van der Waals surface area contributed by atoms with Gasteiger partial charge in [0.2, 0.25) is 0 Å². The first-order chi connectivity index (χ1) is 14.8. The van der Waals surface area contributed by atoms with E-state index in [0.717, 1.165) is 28.4 Å². The molecule has 0 saturated carbocycles. The van der Waals surface area contributed by atoms with Gasteiger partial charge >= 0.3 is 0 Å². The van der Waals surface area contributed by atoms with Crippen LogP contribution >= 0.6 is 0 Å². The van der Waals surface area contributed by atoms with Crippen LogP contribution in [0.4, 0.5) is 0 Å². The molecule has 0 aliphatic carbocycles. The number of rotatable bonds is 6. The predicted octanol–water partition coefficient (Wildman–Crippen LogP) is 4.37. The van der Waals surface area contributed by atoms with Crippen molar-refractivity contribution in [3.63, 3.8) is 0 Å². The van der Waals surface area contributed by atoms with E-state index >= 15 is 0 Å². The van der Waals surface area contributed by atoms with Crippen LogP contribution in [0, 0.1) is 25.2 Å². The number of hydrogen-bond donors (Lipinski definition) is 1. The summed E-state index contributed by atoms with van der Waals surface area (Å²) in [7, 11) is 3.24. The summed E-state index contributed by atoms with van der Waals surface area (Å²) >= 11 is 0. The van der Waals surface area contributed by atoms with Gasteiger partial charge in [0.05, 0.1) is 7.11 Å². The second-order valence-corrected chi connectivity index (χ2v) is 7.32. The Bertz CT molecular complexity index is 1170. The number of amides is 1. The Morgan fingerprint density at radius 3 is 2.48 bits per heavy atom. The number of methoxy groups -OCH3 is 1. The lowest BCUT2D eigenvalue weighted by Crippen LogP contribution is -2.27. The lowest BCUT2D eigenvalue weighted by Gasteiger charge is -2.17. The highest BCUT2D eigenvalue weighted by Crippen LogP contribution is 2.25. The van der Waals surface area contributed by atoms with Gasteiger partial charge in [0, 0.05) is 36.2 Å². The summed E-state index contributed by atoms with van der Waals surface area (Å²) in [5.41, 5.74) is 4.33. The average Bonchev–Trinajstić information content (AvgIpc) is 3.05. The second-order valence-electron chi connectivity index (χ2n) is 7.32. The van der Waals surface area contributed by atoms with Gasteiger partial charge in [-0.2, -0.15) is 5.26 Å². The van der Waals surface area contributed by atoms with Crippen molar-refractivity contribution in [3.05, 3.63) is 82.7 Å². The van der Waals surface area contributed by atoms with Crippen LogP contribution in [0.25, 0.3) is 11.8 Å². The number of nitrogens with zero attached hydrogens (tertiary/aromatic N) is 3. The van der Waals surface area contributed by atoms with Crippen molar-refractivity contribution in [2.45, 2.75) is 20.4 Å². The minimum absolute atomic E-state index is 0.0351. The van der Waals surface area contributed by atoms with Gasteiger partial charge in [-0.25, -0.2) is 0 Å². The average molecular weight is 415 g/mol. The lowest BCUT2D eigenvalue weighted by atomic mass is 10.1. The van der Waals surface area contributed by atoms with E-state index in [1.807, 2.05) is 50.2 Å². The normalized spacial score (nSPS) is 11.1. The SMILES string of the molecule is COc1ccc(-n2c(C)cc(/C=C(\C#N)C(=O)N(C)Cc3ccccc3O)c2C)cc1. The lowest BCUT2D eigenvalue weighted by molar-refractivity contribution is -0.125. The standard InChI is InChI=1S/C25H25N3O3/c1-17-13-20(18(2)28(17)22-9-11-23(31-4)12-10-22)14-21(15-26)25(30)27(3)16-19-7-5-6-8-24(19)29/h5-14,29H,16H2,1-4H3/b21-14+. The molecule has 31 heavy (non-hydrogen) atoms. The van der Waals surface area contributed by atoms with Gasteiger partial charge in [0.15, 0.2) is 0 Å². The van der Waals surface area contributed by atoms with Gasteiger partial charge in [-0.1, -0.05) is 18.2 Å². The Balaban J connectivity index is 1.89. The van der Waals surface area contributed by atoms with Crippen LogP contribution in [-0.4, -0.2) is 34.6 Å². The number of ether oxygens (including phenoxy) is 1. The van der Waals surface area contributed by atoms with Gasteiger partial charge in [0.1, 0.15) is 23.1 Å². The highest BCUT2D eigenvalue weighted by molar-refractivity contribution is 6.01. The smallest absolute Gasteiger partial charge is 0.264 e. The molecule has 0 radical (unpaired) electrons. The monoisotopic (exact) mass is 415 g/mol. The molecule has 0 aliphatic heterocycles. The van der Waals surface area contributed by atoms with Crippen LogP contribution in [0.15, 0.2) is 60.2 Å². The molecular weight excluding hydrogens is 390 g/mol. The number of carbonyl (C=O) groups is 1. The minimum atomic E-state index is -0.403. The number of para-hydroxylation sites is 1. The van der Waals surface area contributed by atoms with Gasteiger partial charge in [-0.15, -0.1) is 0 Å². The molecule has 0 atom stereocenters. The van der Waals surface area contributed by atoms with Crippen LogP contribution in [0.1, 0.15) is 22.5 Å². The molecule has 2 aromatic carbocycles. The van der Waals surface area contributed by atoms with E-state index in [0.29, 0.717) is 5.56 Å². The number of carbonyl (C=O) groups excluding carboxylic acids is 1. The highest BCUT2D eigenvalue weighted by atomic mass is 16.5. The summed E-state index contributed by atoms with van der Waals surface area (Å²) in [6.45, 7) is 4.14. The van der Waals surface area contributed by atoms with Gasteiger partial charge in [0.25, 0.3) is 5.91 Å². The zero-order valence-electron chi connectivity index (χ0n) is 18.1. The molecule has 1 aromatic heterocycles. The van der Waals surface area contributed by atoms with Crippen molar-refractivity contribution in [2.75, 3.05) is 14.2 Å². The molecule has 0 fully saturated rings. The molecule has 158 valence electrons. The Morgan fingerprint density at radius 2 is 1.87 bits per heavy atom. The van der Waals surface area contributed by atoms with E-state index in [1.165, 1.54) is 4.90 Å². The zero-order valence-corrected chi connectivity index (χ0v) is 18.1. The second kappa shape index (κ2) is 9.23. The van der Waals surface area contributed by atoms with Crippen molar-refractivity contribution in [1.29, 1.82) is 5.26 Å². The summed E-state index contributed by atoms with van der Waals surface area (Å²) in [5, 5.41) is 19.6. The minimum Gasteiger partial charge on any atom is -0.508 e. The van der Waals surface area contributed by atoms with Crippen molar-refractivity contribution in [2.24, 2.45) is 0 Å². The summed E-state index contributed by atoms with van der Waals surface area (Å²) in [4.78, 5) is 14.3. The van der Waals surface area contributed by atoms with Gasteiger partial charge in [-0.3, -0.25) is 4.79 Å². The van der Waals surface area contributed by atoms with Crippen LogP contribution < -0.4 is 4.74 Å². The zero-order chi connectivity index (χ0) is 22.5. The summed E-state index contributed by atoms with van der Waals surface area (Å²) in [6.07, 6.45) is 1.62. The molecule has 1 N–H and O–H groups in total. The maximum absolute atomic E-state index is 12.9. The van der Waals surface area contributed by atoms with Crippen molar-refractivity contribution >= 4 is 12.0 Å². The van der Waals surface area contributed by atoms with Crippen molar-refractivity contribution in [3.8, 4) is 23.3 Å². The number of nitriles is 1. The largest absolute Gasteiger partial charge is 0.508 e. The van der Waals surface area contributed by atoms with Gasteiger partial charge in [-0.05, 0) is 61.9 Å². The predicted molar refractivity (Wildman–Crippen MR) is 120 cm³/mol. The highest BCUT2D eigenvalue weighted by Gasteiger charge is 2.18. The number of aryl methyl sites for hydroxylation is 1. The molecule has 1 amide bonds. The maximum Gasteiger partial charge on any atom is 0.264 e. The van der Waals surface area contributed by atoms with Crippen LogP contribution in [0.3, 0.4) is 0 Å². The Kier molecular flexibility index (Phi) is 6.46. The molecule has 3 aromatic rings. The fraction of sp³-hybridized carbons (Fsp3) is 0.200. The van der Waals surface area contributed by atoms with E-state index in [9.17, 15) is 15.2 Å². The summed E-state index contributed by atoms with van der Waals surface area (Å²) < 4.78 is 7.29. The molecule has 0 spiro atoms. The molecule has 0 saturated heterocycles. The van der Waals surface area contributed by atoms with E-state index in [4.69, 9.17) is 4.74 Å². The third-order valence-corrected chi connectivity index (χ3v) is 5.20. The Morgan fingerprint density at radius 1 is 1.19 bits per heavy atom. The first-order valence-electron chi connectivity index (χ1n) is 9.83. The number of phenols is 1. The molecule has 0 bridgehead atoms. The van der Waals surface area contributed by atoms with E-state index < -0.39 is 5.91 Å². The first kappa shape index (κ1) is 21.7. The van der Waals surface area contributed by atoms with Crippen LogP contribution in [0.5, 0.6) is 11.5 Å². The molecule has 0 unspecified atom stereocenters. The third-order valence-electron chi connectivity index (χ3n) is 5.20. The van der Waals surface area contributed by atoms with Crippen LogP contribution in [-0.2, 0) is 11.3 Å². The molecule has 3 rings (SSSR count). The Hall–Kier alpha value is -3.98. The number of aromatic nitrogens is 1. The summed E-state index contributed by atoms with van der Waals surface area (Å²) in [5.74, 6) is 0.490. The molecule has 1 heterocycles. The van der Waals surface area contributed by atoms with Crippen molar-refractivity contribution in [1.82, 2.24) is 9.47 Å². The van der Waals surface area contributed by atoms with E-state index in [2.05, 4.69) is 4.57 Å². The van der Waals surface area contributed by atoms with Crippen molar-refractivity contribution < 1.29 is 14.6 Å². The van der Waals surface area contributed by atoms with E-state index in [1.54, 1.807) is 44.5 Å². The maximum atomic E-state index is 12.9. The van der Waals surface area contributed by atoms with Crippen LogP contribution in [0.2, 0.25) is 0 Å². The topological polar surface area (TPSA) is 78.5 Å². The molecule has 0 aliphatic rings. The fourth-order valence-corrected chi connectivity index (χ4v) is 3.54.